The van der Waals surface area contributed by atoms with Crippen LogP contribution in [0.4, 0.5) is 5.69 Å². The van der Waals surface area contributed by atoms with Gasteiger partial charge in [0.15, 0.2) is 11.5 Å². The average Bonchev–Trinajstić information content (AvgIpc) is 3.16. The molecule has 1 aliphatic rings. The van der Waals surface area contributed by atoms with Crippen molar-refractivity contribution in [3.05, 3.63) is 71.5 Å². The molecule has 2 heterocycles. The molecule has 2 N–H and O–H groups in total. The molecule has 27 heavy (non-hydrogen) atoms. The molecule has 138 valence electrons. The molecular weight excluding hydrogens is 344 g/mol. The molecule has 2 aromatic carbocycles. The Bertz CT molecular complexity index is 969. The van der Waals surface area contributed by atoms with Crippen molar-refractivity contribution in [2.24, 2.45) is 0 Å². The van der Waals surface area contributed by atoms with Crippen molar-refractivity contribution in [1.29, 1.82) is 0 Å². The van der Waals surface area contributed by atoms with Crippen LogP contribution in [0.25, 0.3) is 0 Å². The number of anilines is 1. The Morgan fingerprint density at radius 1 is 1.07 bits per heavy atom. The predicted molar refractivity (Wildman–Crippen MR) is 101 cm³/mol. The third kappa shape index (κ3) is 3.31. The van der Waals surface area contributed by atoms with Crippen LogP contribution in [0.1, 0.15) is 27.7 Å². The number of nitrogens with one attached hydrogen (secondary N) is 2. The smallest absolute Gasteiger partial charge is 0.255 e. The molecule has 3 aromatic rings. The number of benzene rings is 2. The highest BCUT2D eigenvalue weighted by atomic mass is 16.5. The fourth-order valence-corrected chi connectivity index (χ4v) is 3.14. The van der Waals surface area contributed by atoms with E-state index >= 15 is 0 Å². The molecule has 7 nitrogen and oxygen atoms in total. The summed E-state index contributed by atoms with van der Waals surface area (Å²) in [5, 5.41) is 10.7. The van der Waals surface area contributed by atoms with Crippen LogP contribution in [0, 0.1) is 0 Å². The van der Waals surface area contributed by atoms with Crippen molar-refractivity contribution in [3.63, 3.8) is 0 Å². The maximum atomic E-state index is 12.6. The number of aromatic nitrogens is 2. The molecule has 0 unspecified atom stereocenters. The number of hydrogen-bond donors (Lipinski definition) is 2. The van der Waals surface area contributed by atoms with Crippen molar-refractivity contribution in [3.8, 4) is 11.5 Å². The average molecular weight is 364 g/mol. The number of carbonyl (C=O) groups excluding carboxylic acids is 1. The Kier molecular flexibility index (Phi) is 4.42. The van der Waals surface area contributed by atoms with Gasteiger partial charge in [-0.1, -0.05) is 30.3 Å². The number of nitrogens with zero attached hydrogens (tertiary/aromatic N) is 2. The molecule has 0 fully saturated rings. The first-order valence-corrected chi connectivity index (χ1v) is 8.57. The zero-order valence-electron chi connectivity index (χ0n) is 15.1. The lowest BCUT2D eigenvalue weighted by atomic mass is 10.1. The van der Waals surface area contributed by atoms with Crippen LogP contribution in [0.5, 0.6) is 11.5 Å². The summed E-state index contributed by atoms with van der Waals surface area (Å²) in [4.78, 5) is 12.6. The molecule has 1 aromatic heterocycles. The second-order valence-corrected chi connectivity index (χ2v) is 6.26. The Morgan fingerprint density at radius 2 is 1.81 bits per heavy atom. The number of amides is 1. The minimum atomic E-state index is -0.368. The van der Waals surface area contributed by atoms with E-state index in [-0.39, 0.29) is 12.1 Å². The number of ether oxygens (including phenoxy) is 2. The van der Waals surface area contributed by atoms with Gasteiger partial charge in [0.1, 0.15) is 6.17 Å². The van der Waals surface area contributed by atoms with Gasteiger partial charge in [0.25, 0.3) is 5.91 Å². The van der Waals surface area contributed by atoms with E-state index in [9.17, 15) is 4.79 Å². The summed E-state index contributed by atoms with van der Waals surface area (Å²) in [5.41, 5.74) is 3.24. The first-order valence-electron chi connectivity index (χ1n) is 8.57. The van der Waals surface area contributed by atoms with Gasteiger partial charge in [-0.25, -0.2) is 0 Å². The van der Waals surface area contributed by atoms with Gasteiger partial charge in [0.2, 0.25) is 0 Å². The Balaban J connectivity index is 1.57. The number of rotatable bonds is 5. The van der Waals surface area contributed by atoms with Crippen LogP contribution in [-0.4, -0.2) is 29.9 Å². The van der Waals surface area contributed by atoms with E-state index < -0.39 is 0 Å². The van der Waals surface area contributed by atoms with Gasteiger partial charge < -0.3 is 20.1 Å². The number of fused-ring (bicyclic) bond motifs is 1. The maximum Gasteiger partial charge on any atom is 0.255 e. The van der Waals surface area contributed by atoms with E-state index in [4.69, 9.17) is 9.47 Å². The monoisotopic (exact) mass is 364 g/mol. The molecule has 0 aliphatic carbocycles. The third-order valence-corrected chi connectivity index (χ3v) is 4.52. The fraction of sp³-hybridized carbons (Fsp3) is 0.200. The van der Waals surface area contributed by atoms with Crippen LogP contribution in [0.3, 0.4) is 0 Å². The van der Waals surface area contributed by atoms with Crippen LogP contribution in [0.2, 0.25) is 0 Å². The van der Waals surface area contributed by atoms with E-state index in [1.54, 1.807) is 32.5 Å². The van der Waals surface area contributed by atoms with Gasteiger partial charge in [0, 0.05) is 17.8 Å². The van der Waals surface area contributed by atoms with Crippen LogP contribution in [-0.2, 0) is 6.54 Å². The number of carbonyl (C=O) groups is 1. The lowest BCUT2D eigenvalue weighted by Gasteiger charge is -2.28. The topological polar surface area (TPSA) is 77.4 Å². The van der Waals surface area contributed by atoms with E-state index in [1.807, 2.05) is 29.1 Å². The van der Waals surface area contributed by atoms with E-state index in [0.29, 0.717) is 29.3 Å². The molecule has 1 aliphatic heterocycles. The number of hydrogen-bond acceptors (Lipinski definition) is 5. The molecule has 0 saturated heterocycles. The summed E-state index contributed by atoms with van der Waals surface area (Å²) in [6.45, 7) is 0.670. The van der Waals surface area contributed by atoms with Gasteiger partial charge in [0.05, 0.1) is 38.2 Å². The quantitative estimate of drug-likeness (QED) is 0.728. The van der Waals surface area contributed by atoms with Gasteiger partial charge in [-0.05, 0) is 11.6 Å². The molecular formula is C20H20N4O3. The minimum absolute atomic E-state index is 0.175. The summed E-state index contributed by atoms with van der Waals surface area (Å²) < 4.78 is 12.5. The van der Waals surface area contributed by atoms with E-state index in [2.05, 4.69) is 27.9 Å². The van der Waals surface area contributed by atoms with Gasteiger partial charge >= 0.3 is 0 Å². The van der Waals surface area contributed by atoms with Gasteiger partial charge in [-0.2, -0.15) is 5.10 Å². The molecule has 0 radical (unpaired) electrons. The molecule has 7 heteroatoms. The zero-order valence-corrected chi connectivity index (χ0v) is 15.1. The SMILES string of the molecule is COc1cc2c(cc1OC)C(=O)N[C@H](c1cnn(Cc3ccccc3)c1)N2. The molecule has 0 spiro atoms. The molecule has 1 atom stereocenters. The van der Waals surface area contributed by atoms with Gasteiger partial charge in [-0.15, -0.1) is 0 Å². The largest absolute Gasteiger partial charge is 0.493 e. The summed E-state index contributed by atoms with van der Waals surface area (Å²) in [5.74, 6) is 0.907. The highest BCUT2D eigenvalue weighted by Gasteiger charge is 2.27. The minimum Gasteiger partial charge on any atom is -0.493 e. The highest BCUT2D eigenvalue weighted by Crippen LogP contribution is 2.36. The molecule has 1 amide bonds. The molecule has 0 saturated carbocycles. The van der Waals surface area contributed by atoms with Crippen molar-refractivity contribution in [2.45, 2.75) is 12.7 Å². The Morgan fingerprint density at radius 3 is 2.56 bits per heavy atom. The normalized spacial score (nSPS) is 15.5. The fourth-order valence-electron chi connectivity index (χ4n) is 3.14. The summed E-state index contributed by atoms with van der Waals surface area (Å²) >= 11 is 0. The van der Waals surface area contributed by atoms with Crippen LogP contribution >= 0.6 is 0 Å². The number of methoxy groups -OCH3 is 2. The lowest BCUT2D eigenvalue weighted by Crippen LogP contribution is -2.38. The Hall–Kier alpha value is -3.48. The second-order valence-electron chi connectivity index (χ2n) is 6.26. The first kappa shape index (κ1) is 17.0. The van der Waals surface area contributed by atoms with Crippen molar-refractivity contribution in [2.75, 3.05) is 19.5 Å². The summed E-state index contributed by atoms with van der Waals surface area (Å²) in [6, 6.07) is 13.5. The van der Waals surface area contributed by atoms with Gasteiger partial charge in [-0.3, -0.25) is 9.48 Å². The van der Waals surface area contributed by atoms with Crippen molar-refractivity contribution < 1.29 is 14.3 Å². The van der Waals surface area contributed by atoms with Crippen LogP contribution < -0.4 is 20.1 Å². The third-order valence-electron chi connectivity index (χ3n) is 4.52. The zero-order chi connectivity index (χ0) is 18.8. The van der Waals surface area contributed by atoms with E-state index in [1.165, 1.54) is 0 Å². The van der Waals surface area contributed by atoms with E-state index in [0.717, 1.165) is 11.1 Å². The van der Waals surface area contributed by atoms with Crippen molar-refractivity contribution >= 4 is 11.6 Å². The molecule has 0 bridgehead atoms. The maximum absolute atomic E-state index is 12.6. The second kappa shape index (κ2) is 7.03. The summed E-state index contributed by atoms with van der Waals surface area (Å²) in [6.07, 6.45) is 3.32. The Labute approximate surface area is 156 Å². The summed E-state index contributed by atoms with van der Waals surface area (Å²) in [7, 11) is 3.11. The predicted octanol–water partition coefficient (Wildman–Crippen LogP) is 2.80. The highest BCUT2D eigenvalue weighted by molar-refractivity contribution is 6.02. The lowest BCUT2D eigenvalue weighted by molar-refractivity contribution is 0.0935. The van der Waals surface area contributed by atoms with Crippen LogP contribution in [0.15, 0.2) is 54.9 Å². The molecule has 4 rings (SSSR count). The standard InChI is InChI=1S/C20H20N4O3/c1-26-17-8-15-16(9-18(17)27-2)22-19(23-20(15)25)14-10-21-24(12-14)11-13-6-4-3-5-7-13/h3-10,12,19,22H,11H2,1-2H3,(H,23,25)/t19-/m1/s1. The van der Waals surface area contributed by atoms with Crippen molar-refractivity contribution in [1.82, 2.24) is 15.1 Å². The first-order chi connectivity index (χ1) is 13.2.